The van der Waals surface area contributed by atoms with Gasteiger partial charge in [-0.3, -0.25) is 0 Å². The third-order valence-electron chi connectivity index (χ3n) is 3.55. The highest BCUT2D eigenvalue weighted by Gasteiger charge is 2.03. The van der Waals surface area contributed by atoms with Gasteiger partial charge in [0.25, 0.3) is 0 Å². The van der Waals surface area contributed by atoms with Crippen LogP contribution in [0.3, 0.4) is 0 Å². The molecule has 3 nitrogen and oxygen atoms in total. The first-order valence-corrected chi connectivity index (χ1v) is 8.57. The van der Waals surface area contributed by atoms with Crippen LogP contribution in [0.15, 0.2) is 12.1 Å². The number of hydrogen-bond acceptors (Lipinski definition) is 3. The third-order valence-corrected chi connectivity index (χ3v) is 3.55. The molecule has 0 amide bonds. The molecule has 0 aliphatic rings. The molecule has 0 saturated heterocycles. The number of nitrogens with one attached hydrogen (secondary N) is 1. The number of unbranched alkanes of at least 4 members (excludes halogenated alkanes) is 5. The predicted molar refractivity (Wildman–Crippen MR) is 89.9 cm³/mol. The molecule has 0 spiro atoms. The average Bonchev–Trinajstić information content (AvgIpc) is 2.47. The maximum Gasteiger partial charge on any atom is 0.213 e. The lowest BCUT2D eigenvalue weighted by Gasteiger charge is -2.10. The number of pyridine rings is 1. The zero-order valence-corrected chi connectivity index (χ0v) is 14.1. The van der Waals surface area contributed by atoms with E-state index < -0.39 is 0 Å². The molecule has 0 aliphatic carbocycles. The molecule has 0 atom stereocenters. The second-order valence-electron chi connectivity index (χ2n) is 5.70. The second-order valence-corrected chi connectivity index (χ2v) is 5.70. The molecule has 0 radical (unpaired) electrons. The molecule has 0 bridgehead atoms. The Morgan fingerprint density at radius 3 is 2.48 bits per heavy atom. The fourth-order valence-corrected chi connectivity index (χ4v) is 2.44. The molecule has 120 valence electrons. The number of aryl methyl sites for hydroxylation is 1. The summed E-state index contributed by atoms with van der Waals surface area (Å²) in [5, 5.41) is 3.19. The third kappa shape index (κ3) is 8.05. The van der Waals surface area contributed by atoms with Gasteiger partial charge < -0.3 is 10.1 Å². The minimum absolute atomic E-state index is 0.785. The molecular formula is C18H32N2O. The Morgan fingerprint density at radius 2 is 1.76 bits per heavy atom. The monoisotopic (exact) mass is 292 g/mol. The van der Waals surface area contributed by atoms with Gasteiger partial charge in [-0.05, 0) is 31.5 Å². The normalized spacial score (nSPS) is 10.8. The van der Waals surface area contributed by atoms with Crippen LogP contribution in [-0.2, 0) is 13.0 Å². The minimum Gasteiger partial charge on any atom is -0.478 e. The Balaban J connectivity index is 2.38. The first-order chi connectivity index (χ1) is 10.3. The molecule has 1 rings (SSSR count). The van der Waals surface area contributed by atoms with E-state index in [4.69, 9.17) is 4.74 Å². The van der Waals surface area contributed by atoms with Gasteiger partial charge in [-0.15, -0.1) is 0 Å². The summed E-state index contributed by atoms with van der Waals surface area (Å²) in [6.07, 6.45) is 9.87. The highest BCUT2D eigenvalue weighted by Crippen LogP contribution is 2.15. The van der Waals surface area contributed by atoms with Crippen molar-refractivity contribution >= 4 is 0 Å². The van der Waals surface area contributed by atoms with Gasteiger partial charge in [0.05, 0.1) is 6.61 Å². The Kier molecular flexibility index (Phi) is 9.88. The van der Waals surface area contributed by atoms with Gasteiger partial charge in [-0.25, -0.2) is 4.98 Å². The first kappa shape index (κ1) is 18.0. The molecule has 0 aromatic carbocycles. The van der Waals surface area contributed by atoms with E-state index in [0.29, 0.717) is 0 Å². The van der Waals surface area contributed by atoms with Crippen LogP contribution in [0.5, 0.6) is 5.88 Å². The van der Waals surface area contributed by atoms with Gasteiger partial charge in [0.1, 0.15) is 0 Å². The van der Waals surface area contributed by atoms with Crippen LogP contribution < -0.4 is 10.1 Å². The molecule has 1 aromatic heterocycles. The smallest absolute Gasteiger partial charge is 0.213 e. The van der Waals surface area contributed by atoms with Crippen molar-refractivity contribution in [3.8, 4) is 5.88 Å². The van der Waals surface area contributed by atoms with Gasteiger partial charge in [0.15, 0.2) is 0 Å². The van der Waals surface area contributed by atoms with E-state index in [1.807, 2.05) is 7.05 Å². The summed E-state index contributed by atoms with van der Waals surface area (Å²) in [7, 11) is 1.97. The molecule has 1 aromatic rings. The van der Waals surface area contributed by atoms with E-state index in [-0.39, 0.29) is 0 Å². The minimum atomic E-state index is 0.785. The van der Waals surface area contributed by atoms with Crippen LogP contribution in [0.1, 0.15) is 70.1 Å². The van der Waals surface area contributed by atoms with E-state index in [1.165, 1.54) is 37.7 Å². The number of hydrogen-bond donors (Lipinski definition) is 1. The molecule has 1 N–H and O–H groups in total. The summed E-state index contributed by atoms with van der Waals surface area (Å²) in [5.41, 5.74) is 2.40. The Hall–Kier alpha value is -1.09. The van der Waals surface area contributed by atoms with E-state index in [0.717, 1.165) is 44.0 Å². The quantitative estimate of drug-likeness (QED) is 0.576. The van der Waals surface area contributed by atoms with Gasteiger partial charge >= 0.3 is 0 Å². The number of rotatable bonds is 12. The molecule has 1 heterocycles. The second kappa shape index (κ2) is 11.6. The molecule has 3 heteroatoms. The van der Waals surface area contributed by atoms with Gasteiger partial charge in [0.2, 0.25) is 5.88 Å². The Morgan fingerprint density at radius 1 is 1.00 bits per heavy atom. The first-order valence-electron chi connectivity index (χ1n) is 8.57. The lowest BCUT2D eigenvalue weighted by molar-refractivity contribution is 0.292. The standard InChI is InChI=1S/C18H32N2O/c1-4-6-7-8-9-10-12-21-18-14-16(15-19-3)13-17(20-18)11-5-2/h13-14,19H,4-12,15H2,1-3H3. The summed E-state index contributed by atoms with van der Waals surface area (Å²) in [6, 6.07) is 4.24. The lowest BCUT2D eigenvalue weighted by Crippen LogP contribution is -2.08. The zero-order chi connectivity index (χ0) is 15.3. The van der Waals surface area contributed by atoms with Gasteiger partial charge in [0, 0.05) is 18.3 Å². The van der Waals surface area contributed by atoms with Crippen LogP contribution in [0, 0.1) is 0 Å². The van der Waals surface area contributed by atoms with Gasteiger partial charge in [-0.2, -0.15) is 0 Å². The fourth-order valence-electron chi connectivity index (χ4n) is 2.44. The largest absolute Gasteiger partial charge is 0.478 e. The topological polar surface area (TPSA) is 34.1 Å². The van der Waals surface area contributed by atoms with Crippen LogP contribution in [0.4, 0.5) is 0 Å². The van der Waals surface area contributed by atoms with E-state index in [2.05, 4.69) is 36.3 Å². The van der Waals surface area contributed by atoms with Crippen molar-refractivity contribution in [2.24, 2.45) is 0 Å². The fraction of sp³-hybridized carbons (Fsp3) is 0.722. The van der Waals surface area contributed by atoms with Crippen molar-refractivity contribution in [3.63, 3.8) is 0 Å². The van der Waals surface area contributed by atoms with Gasteiger partial charge in [-0.1, -0.05) is 52.4 Å². The highest BCUT2D eigenvalue weighted by molar-refractivity contribution is 5.25. The Labute approximate surface area is 130 Å². The van der Waals surface area contributed by atoms with Crippen molar-refractivity contribution < 1.29 is 4.74 Å². The maximum atomic E-state index is 5.85. The summed E-state index contributed by atoms with van der Waals surface area (Å²) in [6.45, 7) is 6.09. The SMILES string of the molecule is CCCCCCCCOc1cc(CNC)cc(CCC)n1. The van der Waals surface area contributed by atoms with E-state index in [1.54, 1.807) is 0 Å². The highest BCUT2D eigenvalue weighted by atomic mass is 16.5. The van der Waals surface area contributed by atoms with Crippen molar-refractivity contribution in [3.05, 3.63) is 23.4 Å². The molecule has 0 aliphatic heterocycles. The summed E-state index contributed by atoms with van der Waals surface area (Å²) in [5.74, 6) is 0.791. The molecular weight excluding hydrogens is 260 g/mol. The zero-order valence-electron chi connectivity index (χ0n) is 14.1. The molecule has 0 unspecified atom stereocenters. The predicted octanol–water partition coefficient (Wildman–Crippen LogP) is 4.49. The van der Waals surface area contributed by atoms with Crippen molar-refractivity contribution in [2.45, 2.75) is 71.8 Å². The van der Waals surface area contributed by atoms with Crippen LogP contribution >= 0.6 is 0 Å². The van der Waals surface area contributed by atoms with Crippen LogP contribution in [-0.4, -0.2) is 18.6 Å². The maximum absolute atomic E-state index is 5.85. The molecule has 21 heavy (non-hydrogen) atoms. The lowest BCUT2D eigenvalue weighted by atomic mass is 10.1. The average molecular weight is 292 g/mol. The van der Waals surface area contributed by atoms with Crippen LogP contribution in [0.2, 0.25) is 0 Å². The molecule has 0 fully saturated rings. The van der Waals surface area contributed by atoms with Crippen molar-refractivity contribution in [1.29, 1.82) is 0 Å². The van der Waals surface area contributed by atoms with Crippen molar-refractivity contribution in [2.75, 3.05) is 13.7 Å². The van der Waals surface area contributed by atoms with Crippen molar-refractivity contribution in [1.82, 2.24) is 10.3 Å². The van der Waals surface area contributed by atoms with Crippen LogP contribution in [0.25, 0.3) is 0 Å². The number of aromatic nitrogens is 1. The summed E-state index contributed by atoms with van der Waals surface area (Å²) in [4.78, 5) is 4.60. The number of nitrogens with zero attached hydrogens (tertiary/aromatic N) is 1. The summed E-state index contributed by atoms with van der Waals surface area (Å²) < 4.78 is 5.85. The van der Waals surface area contributed by atoms with E-state index >= 15 is 0 Å². The number of ether oxygens (including phenoxy) is 1. The van der Waals surface area contributed by atoms with E-state index in [9.17, 15) is 0 Å². The Bertz CT molecular complexity index is 355. The molecule has 0 saturated carbocycles. The summed E-state index contributed by atoms with van der Waals surface area (Å²) >= 11 is 0.